The minimum Gasteiger partial charge on any atom is -0.493 e. The highest BCUT2D eigenvalue weighted by molar-refractivity contribution is 7.17. The number of aromatic nitrogens is 1. The van der Waals surface area contributed by atoms with E-state index >= 15 is 0 Å². The SMILES string of the molecule is COc1ccc(-c2nc(C)c(C(=O)O[C@H](C)C(N)=O)s2)cc1OC. The van der Waals surface area contributed by atoms with Crippen molar-refractivity contribution in [3.63, 3.8) is 0 Å². The summed E-state index contributed by atoms with van der Waals surface area (Å²) in [5.74, 6) is -0.160. The Kier molecular flexibility index (Phi) is 5.40. The summed E-state index contributed by atoms with van der Waals surface area (Å²) in [5.41, 5.74) is 6.40. The van der Waals surface area contributed by atoms with Crippen LogP contribution in [0.4, 0.5) is 0 Å². The van der Waals surface area contributed by atoms with Gasteiger partial charge in [0.25, 0.3) is 5.91 Å². The number of methoxy groups -OCH3 is 2. The minimum atomic E-state index is -0.997. The summed E-state index contributed by atoms with van der Waals surface area (Å²) >= 11 is 1.17. The van der Waals surface area contributed by atoms with Crippen molar-refractivity contribution < 1.29 is 23.8 Å². The lowest BCUT2D eigenvalue weighted by Crippen LogP contribution is -2.30. The highest BCUT2D eigenvalue weighted by Gasteiger charge is 2.22. The van der Waals surface area contributed by atoms with Crippen LogP contribution in [-0.4, -0.2) is 37.2 Å². The van der Waals surface area contributed by atoms with E-state index in [4.69, 9.17) is 19.9 Å². The lowest BCUT2D eigenvalue weighted by atomic mass is 10.2. The molecule has 0 aliphatic rings. The van der Waals surface area contributed by atoms with Crippen molar-refractivity contribution in [1.82, 2.24) is 4.98 Å². The molecule has 0 spiro atoms. The number of nitrogens with zero attached hydrogens (tertiary/aromatic N) is 1. The molecule has 24 heavy (non-hydrogen) atoms. The predicted molar refractivity (Wildman–Crippen MR) is 89.5 cm³/mol. The molecular weight excluding hydrogens is 332 g/mol. The first-order valence-corrected chi connectivity index (χ1v) is 7.89. The van der Waals surface area contributed by atoms with Crippen LogP contribution in [0.5, 0.6) is 11.5 Å². The van der Waals surface area contributed by atoms with Crippen LogP contribution in [0.15, 0.2) is 18.2 Å². The second-order valence-electron chi connectivity index (χ2n) is 4.95. The fourth-order valence-corrected chi connectivity index (χ4v) is 2.90. The molecule has 0 saturated heterocycles. The maximum atomic E-state index is 12.1. The quantitative estimate of drug-likeness (QED) is 0.801. The number of rotatable bonds is 6. The highest BCUT2D eigenvalue weighted by Crippen LogP contribution is 2.35. The van der Waals surface area contributed by atoms with Gasteiger partial charge >= 0.3 is 5.97 Å². The average Bonchev–Trinajstić information content (AvgIpc) is 2.95. The van der Waals surface area contributed by atoms with Gasteiger partial charge in [-0.1, -0.05) is 0 Å². The number of nitrogens with two attached hydrogens (primary N) is 1. The van der Waals surface area contributed by atoms with Gasteiger partial charge in [-0.15, -0.1) is 11.3 Å². The number of hydrogen-bond acceptors (Lipinski definition) is 7. The molecule has 0 radical (unpaired) electrons. The van der Waals surface area contributed by atoms with Gasteiger partial charge in [-0.2, -0.15) is 0 Å². The van der Waals surface area contributed by atoms with E-state index in [1.54, 1.807) is 33.3 Å². The van der Waals surface area contributed by atoms with Crippen molar-refractivity contribution in [2.24, 2.45) is 5.73 Å². The van der Waals surface area contributed by atoms with Crippen molar-refractivity contribution in [2.75, 3.05) is 14.2 Å². The summed E-state index contributed by atoms with van der Waals surface area (Å²) in [6.45, 7) is 3.12. The van der Waals surface area contributed by atoms with Crippen LogP contribution < -0.4 is 15.2 Å². The van der Waals surface area contributed by atoms with Crippen LogP contribution in [0.1, 0.15) is 22.3 Å². The van der Waals surface area contributed by atoms with E-state index < -0.39 is 18.0 Å². The Morgan fingerprint density at radius 3 is 2.46 bits per heavy atom. The van der Waals surface area contributed by atoms with Gasteiger partial charge < -0.3 is 19.9 Å². The Bertz CT molecular complexity index is 772. The van der Waals surface area contributed by atoms with Crippen LogP contribution in [0.25, 0.3) is 10.6 Å². The second-order valence-corrected chi connectivity index (χ2v) is 5.95. The molecular formula is C16H18N2O5S. The Hall–Kier alpha value is -2.61. The first kappa shape index (κ1) is 17.7. The van der Waals surface area contributed by atoms with E-state index in [1.165, 1.54) is 18.3 Å². The zero-order valence-corrected chi connectivity index (χ0v) is 14.6. The second kappa shape index (κ2) is 7.31. The van der Waals surface area contributed by atoms with Crippen molar-refractivity contribution in [3.05, 3.63) is 28.8 Å². The van der Waals surface area contributed by atoms with E-state index in [0.717, 1.165) is 5.56 Å². The number of carbonyl (C=O) groups excluding carboxylic acids is 2. The third-order valence-corrected chi connectivity index (χ3v) is 4.48. The smallest absolute Gasteiger partial charge is 0.351 e. The first-order chi connectivity index (χ1) is 11.4. The maximum Gasteiger partial charge on any atom is 0.351 e. The molecule has 0 fully saturated rings. The summed E-state index contributed by atoms with van der Waals surface area (Å²) < 4.78 is 15.5. The van der Waals surface area contributed by atoms with Crippen molar-refractivity contribution in [3.8, 4) is 22.1 Å². The Morgan fingerprint density at radius 1 is 1.21 bits per heavy atom. The molecule has 0 aliphatic carbocycles. The molecule has 8 heteroatoms. The number of esters is 1. The van der Waals surface area contributed by atoms with E-state index in [2.05, 4.69) is 4.98 Å². The minimum absolute atomic E-state index is 0.327. The Balaban J connectivity index is 2.31. The Labute approximate surface area is 143 Å². The van der Waals surface area contributed by atoms with Gasteiger partial charge in [0.1, 0.15) is 9.88 Å². The highest BCUT2D eigenvalue weighted by atomic mass is 32.1. The third-order valence-electron chi connectivity index (χ3n) is 3.30. The van der Waals surface area contributed by atoms with Crippen LogP contribution in [0.3, 0.4) is 0 Å². The van der Waals surface area contributed by atoms with Gasteiger partial charge in [0.2, 0.25) is 0 Å². The number of primary amides is 1. The topological polar surface area (TPSA) is 101 Å². The molecule has 7 nitrogen and oxygen atoms in total. The van der Waals surface area contributed by atoms with E-state index in [1.807, 2.05) is 6.07 Å². The first-order valence-electron chi connectivity index (χ1n) is 7.07. The number of hydrogen-bond donors (Lipinski definition) is 1. The number of benzene rings is 1. The number of amides is 1. The molecule has 0 unspecified atom stereocenters. The van der Waals surface area contributed by atoms with E-state index in [-0.39, 0.29) is 0 Å². The zero-order valence-electron chi connectivity index (χ0n) is 13.8. The van der Waals surface area contributed by atoms with Gasteiger partial charge in [-0.3, -0.25) is 4.79 Å². The zero-order chi connectivity index (χ0) is 17.9. The Morgan fingerprint density at radius 2 is 1.88 bits per heavy atom. The normalized spacial score (nSPS) is 11.7. The van der Waals surface area contributed by atoms with Crippen molar-refractivity contribution >= 4 is 23.2 Å². The maximum absolute atomic E-state index is 12.1. The summed E-state index contributed by atoms with van der Waals surface area (Å²) in [6.07, 6.45) is -0.997. The van der Waals surface area contributed by atoms with E-state index in [0.29, 0.717) is 27.1 Å². The monoisotopic (exact) mass is 350 g/mol. The van der Waals surface area contributed by atoms with Gasteiger partial charge in [-0.05, 0) is 32.0 Å². The van der Waals surface area contributed by atoms with Crippen LogP contribution in [-0.2, 0) is 9.53 Å². The number of carbonyl (C=O) groups is 2. The lowest BCUT2D eigenvalue weighted by Gasteiger charge is -2.08. The van der Waals surface area contributed by atoms with Gasteiger partial charge in [0.15, 0.2) is 17.6 Å². The largest absolute Gasteiger partial charge is 0.493 e. The molecule has 0 aliphatic heterocycles. The molecule has 1 aromatic heterocycles. The fourth-order valence-electron chi connectivity index (χ4n) is 1.95. The van der Waals surface area contributed by atoms with Crippen LogP contribution >= 0.6 is 11.3 Å². The van der Waals surface area contributed by atoms with Crippen LogP contribution in [0.2, 0.25) is 0 Å². The third kappa shape index (κ3) is 3.65. The summed E-state index contributed by atoms with van der Waals surface area (Å²) in [6, 6.07) is 5.36. The van der Waals surface area contributed by atoms with Crippen molar-refractivity contribution in [2.45, 2.75) is 20.0 Å². The molecule has 0 saturated carbocycles. The fraction of sp³-hybridized carbons (Fsp3) is 0.312. The number of thiazole rings is 1. The van der Waals surface area contributed by atoms with Crippen LogP contribution in [0, 0.1) is 6.92 Å². The molecule has 2 rings (SSSR count). The van der Waals surface area contributed by atoms with Crippen molar-refractivity contribution in [1.29, 1.82) is 0 Å². The molecule has 2 N–H and O–H groups in total. The number of aryl methyl sites for hydroxylation is 1. The molecule has 1 amide bonds. The molecule has 1 aromatic carbocycles. The standard InChI is InChI=1S/C16H18N2O5S/c1-8-13(16(20)23-9(2)14(17)19)24-15(18-8)10-5-6-11(21-3)12(7-10)22-4/h5-7,9H,1-4H3,(H2,17,19)/t9-/m1/s1. The van der Waals surface area contributed by atoms with Gasteiger partial charge in [0.05, 0.1) is 19.9 Å². The summed E-state index contributed by atoms with van der Waals surface area (Å²) in [7, 11) is 3.10. The molecule has 1 heterocycles. The van der Waals surface area contributed by atoms with Gasteiger partial charge in [-0.25, -0.2) is 9.78 Å². The molecule has 0 bridgehead atoms. The molecule has 1 atom stereocenters. The predicted octanol–water partition coefficient (Wildman–Crippen LogP) is 2.17. The number of ether oxygens (including phenoxy) is 3. The summed E-state index contributed by atoms with van der Waals surface area (Å²) in [5, 5.41) is 0.632. The molecule has 2 aromatic rings. The molecule has 128 valence electrons. The van der Waals surface area contributed by atoms with Gasteiger partial charge in [0, 0.05) is 5.56 Å². The summed E-state index contributed by atoms with van der Waals surface area (Å²) in [4.78, 5) is 27.9. The van der Waals surface area contributed by atoms with E-state index in [9.17, 15) is 9.59 Å². The average molecular weight is 350 g/mol. The lowest BCUT2D eigenvalue weighted by molar-refractivity contribution is -0.125.